The van der Waals surface area contributed by atoms with Gasteiger partial charge in [0.05, 0.1) is 0 Å². The van der Waals surface area contributed by atoms with Gasteiger partial charge < -0.3 is 0 Å². The molecule has 0 spiro atoms. The first-order chi connectivity index (χ1) is 4.61. The van der Waals surface area contributed by atoms with E-state index in [0.29, 0.717) is 5.56 Å². The van der Waals surface area contributed by atoms with Gasteiger partial charge in [-0.15, -0.1) is 0 Å². The van der Waals surface area contributed by atoms with Crippen molar-refractivity contribution in [2.75, 3.05) is 0 Å². The maximum Gasteiger partial charge on any atom is 0.193 e. The van der Waals surface area contributed by atoms with Crippen molar-refractivity contribution >= 4 is 23.2 Å². The van der Waals surface area contributed by atoms with Gasteiger partial charge in [0.1, 0.15) is 0 Å². The van der Waals surface area contributed by atoms with Crippen molar-refractivity contribution in [3.63, 3.8) is 0 Å². The molecule has 1 rings (SSSR count). The lowest BCUT2D eigenvalue weighted by molar-refractivity contribution is 0.905. The van der Waals surface area contributed by atoms with Gasteiger partial charge in [0.25, 0.3) is 0 Å². The highest BCUT2D eigenvalue weighted by Gasteiger charge is 2.19. The minimum absolute atomic E-state index is 0.596. The van der Waals surface area contributed by atoms with Crippen molar-refractivity contribution in [2.24, 2.45) is 5.73 Å². The quantitative estimate of drug-likeness (QED) is 0.522. The third-order valence-electron chi connectivity index (χ3n) is 1.05. The molecule has 1 heterocycles. The number of hydrogen-bond acceptors (Lipinski definition) is 2. The fourth-order valence-electron chi connectivity index (χ4n) is 0.560. The van der Waals surface area contributed by atoms with E-state index in [2.05, 4.69) is 4.98 Å². The summed E-state index contributed by atoms with van der Waals surface area (Å²) in [5, 5.41) is 0. The number of aromatic nitrogens is 1. The van der Waals surface area contributed by atoms with Crippen LogP contribution in [0.1, 0.15) is 5.56 Å². The first kappa shape index (κ1) is 7.79. The van der Waals surface area contributed by atoms with E-state index in [4.69, 9.17) is 28.9 Å². The maximum absolute atomic E-state index is 5.56. The topological polar surface area (TPSA) is 38.9 Å². The second-order valence-electron chi connectivity index (χ2n) is 1.86. The predicted octanol–water partition coefficient (Wildman–Crippen LogP) is 1.63. The maximum atomic E-state index is 5.56. The number of alkyl halides is 2. The fraction of sp³-hybridized carbons (Fsp3) is 0.167. The molecule has 0 bridgehead atoms. The first-order valence-corrected chi connectivity index (χ1v) is 3.43. The molecule has 0 aliphatic rings. The van der Waals surface area contributed by atoms with Crippen LogP contribution < -0.4 is 5.73 Å². The minimum atomic E-state index is -1.33. The minimum Gasteiger partial charge on any atom is -0.296 e. The van der Waals surface area contributed by atoms with Gasteiger partial charge in [-0.25, -0.2) is 0 Å². The lowest BCUT2D eigenvalue weighted by Crippen LogP contribution is -2.22. The second kappa shape index (κ2) is 2.74. The van der Waals surface area contributed by atoms with E-state index in [9.17, 15) is 0 Å². The molecular formula is C6H6Cl2N2. The van der Waals surface area contributed by atoms with E-state index in [1.54, 1.807) is 18.3 Å². The summed E-state index contributed by atoms with van der Waals surface area (Å²) in [5.74, 6) is 0. The highest BCUT2D eigenvalue weighted by molar-refractivity contribution is 6.47. The summed E-state index contributed by atoms with van der Waals surface area (Å²) in [6, 6.07) is 3.44. The molecule has 0 radical (unpaired) electrons. The summed E-state index contributed by atoms with van der Waals surface area (Å²) in [6.07, 6.45) is 3.16. The molecule has 0 fully saturated rings. The van der Waals surface area contributed by atoms with Crippen molar-refractivity contribution < 1.29 is 0 Å². The largest absolute Gasteiger partial charge is 0.296 e. The molecule has 54 valence electrons. The summed E-state index contributed by atoms with van der Waals surface area (Å²) in [7, 11) is 0. The average molecular weight is 177 g/mol. The standard InChI is InChI=1S/C6H6Cl2N2/c7-6(8,9)5-2-1-3-10-4-5/h1-4H,9H2. The molecule has 10 heavy (non-hydrogen) atoms. The van der Waals surface area contributed by atoms with Gasteiger partial charge in [0, 0.05) is 18.0 Å². The highest BCUT2D eigenvalue weighted by Crippen LogP contribution is 2.25. The molecule has 0 aliphatic carbocycles. The summed E-state index contributed by atoms with van der Waals surface area (Å²) < 4.78 is -1.33. The van der Waals surface area contributed by atoms with Gasteiger partial charge in [0.15, 0.2) is 4.46 Å². The number of rotatable bonds is 1. The zero-order valence-corrected chi connectivity index (χ0v) is 6.60. The van der Waals surface area contributed by atoms with Crippen LogP contribution in [-0.4, -0.2) is 4.98 Å². The zero-order chi connectivity index (χ0) is 7.61. The van der Waals surface area contributed by atoms with Crippen molar-refractivity contribution in [1.29, 1.82) is 0 Å². The van der Waals surface area contributed by atoms with Crippen molar-refractivity contribution in [1.82, 2.24) is 4.98 Å². The monoisotopic (exact) mass is 176 g/mol. The fourth-order valence-corrected chi connectivity index (χ4v) is 0.784. The second-order valence-corrected chi connectivity index (χ2v) is 3.25. The van der Waals surface area contributed by atoms with Gasteiger partial charge in [0.2, 0.25) is 0 Å². The van der Waals surface area contributed by atoms with E-state index in [1.807, 2.05) is 0 Å². The Morgan fingerprint density at radius 3 is 2.50 bits per heavy atom. The Kier molecular flexibility index (Phi) is 2.14. The van der Waals surface area contributed by atoms with Gasteiger partial charge in [-0.2, -0.15) is 0 Å². The number of nitrogens with two attached hydrogens (primary N) is 1. The molecule has 0 unspecified atom stereocenters. The SMILES string of the molecule is NC(Cl)(Cl)c1cccnc1. The van der Waals surface area contributed by atoms with Crippen LogP contribution in [0, 0.1) is 0 Å². The van der Waals surface area contributed by atoms with Crippen LogP contribution in [0.5, 0.6) is 0 Å². The number of pyridine rings is 1. The normalized spacial score (nSPS) is 11.5. The van der Waals surface area contributed by atoms with Crippen LogP contribution in [0.25, 0.3) is 0 Å². The van der Waals surface area contributed by atoms with Gasteiger partial charge in [-0.1, -0.05) is 29.3 Å². The Balaban J connectivity index is 2.97. The van der Waals surface area contributed by atoms with E-state index in [1.165, 1.54) is 6.20 Å². The van der Waals surface area contributed by atoms with Crippen LogP contribution in [0.4, 0.5) is 0 Å². The molecule has 4 heteroatoms. The molecule has 0 atom stereocenters. The van der Waals surface area contributed by atoms with Gasteiger partial charge in [-0.3, -0.25) is 10.7 Å². The first-order valence-electron chi connectivity index (χ1n) is 2.68. The predicted molar refractivity (Wildman–Crippen MR) is 41.8 cm³/mol. The van der Waals surface area contributed by atoms with Gasteiger partial charge in [-0.05, 0) is 6.07 Å². The molecule has 2 nitrogen and oxygen atoms in total. The lowest BCUT2D eigenvalue weighted by Gasteiger charge is -2.11. The molecule has 0 saturated carbocycles. The number of hydrogen-bond donors (Lipinski definition) is 1. The van der Waals surface area contributed by atoms with Crippen LogP contribution in [0.15, 0.2) is 24.5 Å². The van der Waals surface area contributed by atoms with E-state index < -0.39 is 4.46 Å². The summed E-state index contributed by atoms with van der Waals surface area (Å²) in [5.41, 5.74) is 5.94. The molecular weight excluding hydrogens is 171 g/mol. The molecule has 0 saturated heterocycles. The van der Waals surface area contributed by atoms with Crippen molar-refractivity contribution in [3.05, 3.63) is 30.1 Å². The third-order valence-corrected chi connectivity index (χ3v) is 1.48. The number of halogens is 2. The third kappa shape index (κ3) is 1.84. The Bertz CT molecular complexity index is 205. The Labute approximate surface area is 69.0 Å². The Morgan fingerprint density at radius 2 is 2.20 bits per heavy atom. The smallest absolute Gasteiger partial charge is 0.193 e. The Morgan fingerprint density at radius 1 is 1.50 bits per heavy atom. The van der Waals surface area contributed by atoms with Crippen LogP contribution in [0.3, 0.4) is 0 Å². The average Bonchev–Trinajstić information content (AvgIpc) is 1.88. The summed E-state index contributed by atoms with van der Waals surface area (Å²) >= 11 is 11.1. The molecule has 1 aromatic rings. The molecule has 2 N–H and O–H groups in total. The summed E-state index contributed by atoms with van der Waals surface area (Å²) in [4.78, 5) is 3.80. The number of nitrogens with zero attached hydrogens (tertiary/aromatic N) is 1. The molecule has 0 aromatic carbocycles. The Hall–Kier alpha value is -0.310. The highest BCUT2D eigenvalue weighted by atomic mass is 35.5. The van der Waals surface area contributed by atoms with E-state index in [0.717, 1.165) is 0 Å². The lowest BCUT2D eigenvalue weighted by atomic mass is 10.3. The van der Waals surface area contributed by atoms with E-state index >= 15 is 0 Å². The molecule has 1 aromatic heterocycles. The zero-order valence-electron chi connectivity index (χ0n) is 5.09. The van der Waals surface area contributed by atoms with Crippen LogP contribution in [0.2, 0.25) is 0 Å². The summed E-state index contributed by atoms with van der Waals surface area (Å²) in [6.45, 7) is 0. The molecule has 0 amide bonds. The van der Waals surface area contributed by atoms with Gasteiger partial charge >= 0.3 is 0 Å². The van der Waals surface area contributed by atoms with Crippen molar-refractivity contribution in [2.45, 2.75) is 4.46 Å². The van der Waals surface area contributed by atoms with Crippen LogP contribution >= 0.6 is 23.2 Å². The van der Waals surface area contributed by atoms with Crippen LogP contribution in [-0.2, 0) is 4.46 Å². The van der Waals surface area contributed by atoms with E-state index in [-0.39, 0.29) is 0 Å². The van der Waals surface area contributed by atoms with Crippen molar-refractivity contribution in [3.8, 4) is 0 Å². The molecule has 0 aliphatic heterocycles.